The van der Waals surface area contributed by atoms with Gasteiger partial charge in [0.05, 0.1) is 0 Å². The van der Waals surface area contributed by atoms with Crippen molar-refractivity contribution < 1.29 is 0 Å². The zero-order chi connectivity index (χ0) is 11.7. The maximum absolute atomic E-state index is 6.21. The van der Waals surface area contributed by atoms with Gasteiger partial charge in [0.2, 0.25) is 0 Å². The third-order valence-electron chi connectivity index (χ3n) is 3.36. The minimum absolute atomic E-state index is 0.317. The summed E-state index contributed by atoms with van der Waals surface area (Å²) < 4.78 is 0. The highest BCUT2D eigenvalue weighted by Gasteiger charge is 2.26. The molecule has 0 aliphatic carbocycles. The van der Waals surface area contributed by atoms with Gasteiger partial charge in [0.25, 0.3) is 0 Å². The van der Waals surface area contributed by atoms with Gasteiger partial charge in [-0.15, -0.1) is 0 Å². The van der Waals surface area contributed by atoms with Crippen LogP contribution in [0.3, 0.4) is 0 Å². The van der Waals surface area contributed by atoms with Gasteiger partial charge in [0.1, 0.15) is 0 Å². The van der Waals surface area contributed by atoms with Crippen LogP contribution >= 0.6 is 23.2 Å². The average molecular weight is 259 g/mol. The van der Waals surface area contributed by atoms with Gasteiger partial charge in [0, 0.05) is 35.2 Å². The van der Waals surface area contributed by atoms with E-state index in [0.717, 1.165) is 23.7 Å². The van der Waals surface area contributed by atoms with E-state index in [0.29, 0.717) is 17.1 Å². The number of rotatable bonds is 3. The van der Waals surface area contributed by atoms with Gasteiger partial charge in [-0.25, -0.2) is 0 Å². The van der Waals surface area contributed by atoms with Gasteiger partial charge in [-0.1, -0.05) is 29.3 Å². The Hall–Kier alpha value is -0.280. The van der Waals surface area contributed by atoms with E-state index in [1.807, 2.05) is 18.2 Å². The quantitative estimate of drug-likeness (QED) is 0.897. The summed E-state index contributed by atoms with van der Waals surface area (Å²) in [6.07, 6.45) is 0. The number of nitrogens with one attached hydrogen (secondary N) is 1. The normalized spacial score (nSPS) is 18.6. The second-order valence-electron chi connectivity index (χ2n) is 4.32. The van der Waals surface area contributed by atoms with Crippen molar-refractivity contribution >= 4 is 23.2 Å². The van der Waals surface area contributed by atoms with E-state index < -0.39 is 0 Å². The number of halogens is 2. The predicted molar refractivity (Wildman–Crippen MR) is 69.3 cm³/mol. The van der Waals surface area contributed by atoms with Crippen LogP contribution in [0.5, 0.6) is 0 Å². The molecule has 2 rings (SSSR count). The van der Waals surface area contributed by atoms with Crippen LogP contribution in [0.1, 0.15) is 18.5 Å². The van der Waals surface area contributed by atoms with E-state index in [9.17, 15) is 0 Å². The van der Waals surface area contributed by atoms with Crippen LogP contribution in [-0.2, 0) is 0 Å². The van der Waals surface area contributed by atoms with E-state index >= 15 is 0 Å². The fourth-order valence-corrected chi connectivity index (χ4v) is 2.50. The summed E-state index contributed by atoms with van der Waals surface area (Å²) in [5, 5.41) is 4.71. The van der Waals surface area contributed by atoms with Crippen LogP contribution in [0.4, 0.5) is 0 Å². The van der Waals surface area contributed by atoms with Gasteiger partial charge >= 0.3 is 0 Å². The zero-order valence-corrected chi connectivity index (χ0v) is 11.0. The van der Waals surface area contributed by atoms with Gasteiger partial charge in [-0.05, 0) is 31.7 Å². The highest BCUT2D eigenvalue weighted by molar-refractivity contribution is 6.35. The maximum Gasteiger partial charge on any atom is 0.0468 e. The van der Waals surface area contributed by atoms with E-state index in [4.69, 9.17) is 23.2 Å². The molecule has 0 aromatic heterocycles. The van der Waals surface area contributed by atoms with Crippen molar-refractivity contribution in [2.24, 2.45) is 0 Å². The maximum atomic E-state index is 6.21. The summed E-state index contributed by atoms with van der Waals surface area (Å²) in [4.78, 5) is 2.35. The molecule has 0 bridgehead atoms. The SMILES string of the molecule is CC(c1ccc(Cl)cc1Cl)N(C)C1CNC1. The van der Waals surface area contributed by atoms with Crippen LogP contribution in [0.25, 0.3) is 0 Å². The largest absolute Gasteiger partial charge is 0.314 e. The van der Waals surface area contributed by atoms with Crippen molar-refractivity contribution in [3.8, 4) is 0 Å². The summed E-state index contributed by atoms with van der Waals surface area (Å²) in [6.45, 7) is 4.30. The van der Waals surface area contributed by atoms with Gasteiger partial charge < -0.3 is 5.32 Å². The van der Waals surface area contributed by atoms with E-state index in [-0.39, 0.29) is 0 Å². The molecule has 16 heavy (non-hydrogen) atoms. The second kappa shape index (κ2) is 4.92. The second-order valence-corrected chi connectivity index (χ2v) is 5.16. The lowest BCUT2D eigenvalue weighted by atomic mass is 10.0. The molecule has 0 amide bonds. The third kappa shape index (κ3) is 2.35. The van der Waals surface area contributed by atoms with Crippen molar-refractivity contribution in [1.29, 1.82) is 0 Å². The summed E-state index contributed by atoms with van der Waals surface area (Å²) in [5.74, 6) is 0. The molecule has 4 heteroatoms. The van der Waals surface area contributed by atoms with E-state index in [1.165, 1.54) is 0 Å². The zero-order valence-electron chi connectivity index (χ0n) is 9.50. The molecule has 1 atom stereocenters. The molecule has 1 aliphatic rings. The first-order valence-corrected chi connectivity index (χ1v) is 6.23. The Labute approximate surface area is 107 Å². The molecule has 1 heterocycles. The Bertz CT molecular complexity index is 377. The van der Waals surface area contributed by atoms with E-state index in [2.05, 4.69) is 24.2 Å². The predicted octanol–water partition coefficient (Wildman–Crippen LogP) is 2.96. The minimum Gasteiger partial charge on any atom is -0.314 e. The smallest absolute Gasteiger partial charge is 0.0468 e. The molecule has 1 aliphatic heterocycles. The fourth-order valence-electron chi connectivity index (χ4n) is 1.94. The molecule has 88 valence electrons. The van der Waals surface area contributed by atoms with Crippen molar-refractivity contribution in [2.45, 2.75) is 19.0 Å². The summed E-state index contributed by atoms with van der Waals surface area (Å²) in [5.41, 5.74) is 1.14. The fraction of sp³-hybridized carbons (Fsp3) is 0.500. The molecule has 1 fully saturated rings. The Morgan fingerprint density at radius 2 is 2.06 bits per heavy atom. The Balaban J connectivity index is 2.15. The van der Waals surface area contributed by atoms with E-state index in [1.54, 1.807) is 0 Å². The molecule has 1 aromatic rings. The molecule has 0 radical (unpaired) electrons. The van der Waals surface area contributed by atoms with Crippen LogP contribution in [0, 0.1) is 0 Å². The van der Waals surface area contributed by atoms with Crippen molar-refractivity contribution in [3.63, 3.8) is 0 Å². The molecule has 1 saturated heterocycles. The van der Waals surface area contributed by atoms with Crippen LogP contribution in [0.15, 0.2) is 18.2 Å². The number of hydrogen-bond acceptors (Lipinski definition) is 2. The van der Waals surface area contributed by atoms with Gasteiger partial charge in [-0.3, -0.25) is 4.90 Å². The molecule has 1 unspecified atom stereocenters. The first-order valence-electron chi connectivity index (χ1n) is 5.47. The van der Waals surface area contributed by atoms with Crippen molar-refractivity contribution in [1.82, 2.24) is 10.2 Å². The molecular weight excluding hydrogens is 243 g/mol. The summed E-state index contributed by atoms with van der Waals surface area (Å²) >= 11 is 12.1. The standard InChI is InChI=1S/C12H16Cl2N2/c1-8(16(2)10-6-15-7-10)11-4-3-9(13)5-12(11)14/h3-5,8,10,15H,6-7H2,1-2H3. The first kappa shape index (κ1) is 12.2. The number of hydrogen-bond donors (Lipinski definition) is 1. The number of likely N-dealkylation sites (N-methyl/N-ethyl adjacent to an activating group) is 1. The van der Waals surface area contributed by atoms with Crippen LogP contribution in [-0.4, -0.2) is 31.1 Å². The minimum atomic E-state index is 0.317. The lowest BCUT2D eigenvalue weighted by Gasteiger charge is -2.39. The lowest BCUT2D eigenvalue weighted by Crippen LogP contribution is -2.56. The Morgan fingerprint density at radius 1 is 1.38 bits per heavy atom. The molecule has 0 saturated carbocycles. The first-order chi connectivity index (χ1) is 7.59. The summed E-state index contributed by atoms with van der Waals surface area (Å²) in [7, 11) is 2.14. The third-order valence-corrected chi connectivity index (χ3v) is 3.92. The number of benzene rings is 1. The summed E-state index contributed by atoms with van der Waals surface area (Å²) in [6, 6.07) is 6.64. The topological polar surface area (TPSA) is 15.3 Å². The van der Waals surface area contributed by atoms with Crippen LogP contribution < -0.4 is 5.32 Å². The number of nitrogens with zero attached hydrogens (tertiary/aromatic N) is 1. The van der Waals surface area contributed by atoms with Crippen molar-refractivity contribution in [2.75, 3.05) is 20.1 Å². The highest BCUT2D eigenvalue weighted by Crippen LogP contribution is 2.30. The molecule has 1 N–H and O–H groups in total. The molecule has 1 aromatic carbocycles. The monoisotopic (exact) mass is 258 g/mol. The molecule has 0 spiro atoms. The lowest BCUT2D eigenvalue weighted by molar-refractivity contribution is 0.136. The highest BCUT2D eigenvalue weighted by atomic mass is 35.5. The molecule has 2 nitrogen and oxygen atoms in total. The van der Waals surface area contributed by atoms with Crippen molar-refractivity contribution in [3.05, 3.63) is 33.8 Å². The van der Waals surface area contributed by atoms with Gasteiger partial charge in [-0.2, -0.15) is 0 Å². The average Bonchev–Trinajstić information content (AvgIpc) is 2.14. The molecular formula is C12H16Cl2N2. The van der Waals surface area contributed by atoms with Gasteiger partial charge in [0.15, 0.2) is 0 Å². The Kier molecular flexibility index (Phi) is 3.75. The van der Waals surface area contributed by atoms with Crippen LogP contribution in [0.2, 0.25) is 10.0 Å². The Morgan fingerprint density at radius 3 is 2.56 bits per heavy atom.